The number of ether oxygens (including phenoxy) is 1. The van der Waals surface area contributed by atoms with E-state index in [0.717, 1.165) is 13.2 Å². The molecule has 2 heterocycles. The molecule has 0 aromatic rings. The van der Waals surface area contributed by atoms with Gasteiger partial charge in [-0.1, -0.05) is 0 Å². The van der Waals surface area contributed by atoms with Crippen molar-refractivity contribution < 1.29 is 4.74 Å². The van der Waals surface area contributed by atoms with Crippen LogP contribution in [0.1, 0.15) is 12.8 Å². The molecule has 2 aliphatic rings. The second-order valence-corrected chi connectivity index (χ2v) is 2.31. The van der Waals surface area contributed by atoms with Crippen LogP contribution in [0.3, 0.4) is 0 Å². The van der Waals surface area contributed by atoms with E-state index in [4.69, 9.17) is 4.74 Å². The fraction of sp³-hybridized carbons (Fsp3) is 1.00. The summed E-state index contributed by atoms with van der Waals surface area (Å²) in [7, 11) is 0. The van der Waals surface area contributed by atoms with Crippen LogP contribution in [0.5, 0.6) is 0 Å². The third-order valence-corrected chi connectivity index (χ3v) is 1.70. The number of rotatable bonds is 0. The summed E-state index contributed by atoms with van der Waals surface area (Å²) in [6.45, 7) is 2.10. The van der Waals surface area contributed by atoms with Crippen LogP contribution in [0.25, 0.3) is 0 Å². The summed E-state index contributed by atoms with van der Waals surface area (Å²) >= 11 is 0. The topological polar surface area (TPSA) is 24.6 Å². The van der Waals surface area contributed by atoms with Crippen LogP contribution in [0, 0.1) is 0 Å². The van der Waals surface area contributed by atoms with Gasteiger partial charge in [0.15, 0.2) is 0 Å². The molecule has 1 unspecified atom stereocenters. The highest BCUT2D eigenvalue weighted by atomic mass is 16.6. The van der Waals surface area contributed by atoms with Gasteiger partial charge in [0.05, 0.1) is 6.61 Å². The third kappa shape index (κ3) is 0.469. The van der Waals surface area contributed by atoms with E-state index in [-0.39, 0.29) is 5.72 Å². The van der Waals surface area contributed by atoms with Gasteiger partial charge in [0, 0.05) is 0 Å². The molecule has 0 aromatic heterocycles. The van der Waals surface area contributed by atoms with Gasteiger partial charge in [-0.05, 0) is 19.4 Å². The highest BCUT2D eigenvalue weighted by molar-refractivity contribution is 4.93. The molecular formula is C5H9NO. The van der Waals surface area contributed by atoms with E-state index in [9.17, 15) is 0 Å². The predicted molar refractivity (Wildman–Crippen MR) is 25.9 cm³/mol. The number of epoxide rings is 1. The predicted octanol–water partition coefficient (Wildman–Crippen LogP) is 0.0963. The lowest BCUT2D eigenvalue weighted by Gasteiger charge is -1.96. The Hall–Kier alpha value is -0.0800. The lowest BCUT2D eigenvalue weighted by Crippen LogP contribution is -2.24. The van der Waals surface area contributed by atoms with Crippen molar-refractivity contribution in [2.75, 3.05) is 13.2 Å². The second-order valence-electron chi connectivity index (χ2n) is 2.31. The van der Waals surface area contributed by atoms with Crippen LogP contribution in [0.4, 0.5) is 0 Å². The van der Waals surface area contributed by atoms with Crippen molar-refractivity contribution in [1.82, 2.24) is 5.32 Å². The van der Waals surface area contributed by atoms with Gasteiger partial charge in [-0.3, -0.25) is 5.32 Å². The molecule has 2 rings (SSSR count). The summed E-state index contributed by atoms with van der Waals surface area (Å²) in [5.41, 5.74) is 0.194. The summed E-state index contributed by atoms with van der Waals surface area (Å²) in [6, 6.07) is 0. The van der Waals surface area contributed by atoms with Crippen molar-refractivity contribution in [3.8, 4) is 0 Å². The van der Waals surface area contributed by atoms with E-state index in [1.807, 2.05) is 0 Å². The van der Waals surface area contributed by atoms with Gasteiger partial charge in [-0.2, -0.15) is 0 Å². The highest BCUT2D eigenvalue weighted by Gasteiger charge is 2.46. The van der Waals surface area contributed by atoms with E-state index in [2.05, 4.69) is 5.32 Å². The molecule has 1 atom stereocenters. The molecule has 0 aliphatic carbocycles. The molecule has 40 valence electrons. The fourth-order valence-electron chi connectivity index (χ4n) is 1.11. The molecule has 0 amide bonds. The van der Waals surface area contributed by atoms with Crippen LogP contribution in [0.2, 0.25) is 0 Å². The number of hydrogen-bond donors (Lipinski definition) is 1. The van der Waals surface area contributed by atoms with Crippen LogP contribution >= 0.6 is 0 Å². The Bertz CT molecular complexity index is 80.1. The molecule has 2 saturated heterocycles. The normalized spacial score (nSPS) is 48.0. The van der Waals surface area contributed by atoms with Crippen LogP contribution in [0.15, 0.2) is 0 Å². The molecule has 2 aliphatic heterocycles. The minimum absolute atomic E-state index is 0.194. The molecule has 0 radical (unpaired) electrons. The first-order valence-corrected chi connectivity index (χ1v) is 2.80. The number of nitrogens with one attached hydrogen (secondary N) is 1. The minimum atomic E-state index is 0.194. The maximum Gasteiger partial charge on any atom is 0.143 e. The van der Waals surface area contributed by atoms with Crippen molar-refractivity contribution in [3.63, 3.8) is 0 Å². The quantitative estimate of drug-likeness (QED) is 0.435. The van der Waals surface area contributed by atoms with Crippen molar-refractivity contribution in [2.45, 2.75) is 18.6 Å². The second kappa shape index (κ2) is 1.01. The lowest BCUT2D eigenvalue weighted by atomic mass is 10.2. The summed E-state index contributed by atoms with van der Waals surface area (Å²) < 4.78 is 5.15. The zero-order valence-electron chi connectivity index (χ0n) is 4.24. The van der Waals surface area contributed by atoms with Crippen molar-refractivity contribution >= 4 is 0 Å². The first-order chi connectivity index (χ1) is 3.41. The van der Waals surface area contributed by atoms with Gasteiger partial charge in [-0.25, -0.2) is 0 Å². The Kier molecular flexibility index (Phi) is 0.557. The van der Waals surface area contributed by atoms with Crippen molar-refractivity contribution in [1.29, 1.82) is 0 Å². The average molecular weight is 99.1 g/mol. The molecule has 0 saturated carbocycles. The zero-order chi connectivity index (χ0) is 4.74. The summed E-state index contributed by atoms with van der Waals surface area (Å²) in [5, 5.41) is 3.28. The van der Waals surface area contributed by atoms with Gasteiger partial charge in [0.1, 0.15) is 5.72 Å². The average Bonchev–Trinajstić information content (AvgIpc) is 2.15. The first kappa shape index (κ1) is 3.87. The molecule has 2 heteroatoms. The fourth-order valence-corrected chi connectivity index (χ4v) is 1.11. The standard InChI is InChI=1S/C5H9NO/c1-2-5(4-7-5)6-3-1/h6H,1-4H2. The Morgan fingerprint density at radius 2 is 2.43 bits per heavy atom. The molecule has 0 bridgehead atoms. The molecule has 2 nitrogen and oxygen atoms in total. The van der Waals surface area contributed by atoms with Gasteiger partial charge in [0.2, 0.25) is 0 Å². The minimum Gasteiger partial charge on any atom is -0.354 e. The maximum absolute atomic E-state index is 5.15. The zero-order valence-corrected chi connectivity index (χ0v) is 4.24. The van der Waals surface area contributed by atoms with Crippen LogP contribution < -0.4 is 5.32 Å². The summed E-state index contributed by atoms with van der Waals surface area (Å²) in [6.07, 6.45) is 2.52. The van der Waals surface area contributed by atoms with E-state index >= 15 is 0 Å². The van der Waals surface area contributed by atoms with Gasteiger partial charge < -0.3 is 4.74 Å². The Morgan fingerprint density at radius 1 is 1.57 bits per heavy atom. The van der Waals surface area contributed by atoms with E-state index < -0.39 is 0 Å². The number of hydrogen-bond acceptors (Lipinski definition) is 2. The van der Waals surface area contributed by atoms with Gasteiger partial charge in [0.25, 0.3) is 0 Å². The monoisotopic (exact) mass is 99.1 g/mol. The first-order valence-electron chi connectivity index (χ1n) is 2.80. The smallest absolute Gasteiger partial charge is 0.143 e. The Balaban J connectivity index is 2.07. The maximum atomic E-state index is 5.15. The largest absolute Gasteiger partial charge is 0.354 e. The lowest BCUT2D eigenvalue weighted by molar-refractivity contribution is 0.284. The van der Waals surface area contributed by atoms with E-state index in [0.29, 0.717) is 0 Å². The molecular weight excluding hydrogens is 90.1 g/mol. The molecule has 1 spiro atoms. The summed E-state index contributed by atoms with van der Waals surface area (Å²) in [5.74, 6) is 0. The molecule has 7 heavy (non-hydrogen) atoms. The van der Waals surface area contributed by atoms with Crippen LogP contribution in [-0.4, -0.2) is 18.9 Å². The van der Waals surface area contributed by atoms with Gasteiger partial charge in [-0.15, -0.1) is 0 Å². The Morgan fingerprint density at radius 3 is 2.71 bits per heavy atom. The van der Waals surface area contributed by atoms with E-state index in [1.54, 1.807) is 0 Å². The van der Waals surface area contributed by atoms with Crippen molar-refractivity contribution in [2.24, 2.45) is 0 Å². The SMILES string of the molecule is C1CNC2(C1)CO2. The molecule has 1 N–H and O–H groups in total. The third-order valence-electron chi connectivity index (χ3n) is 1.70. The Labute approximate surface area is 42.9 Å². The molecule has 0 aromatic carbocycles. The molecule has 2 fully saturated rings. The van der Waals surface area contributed by atoms with Crippen molar-refractivity contribution in [3.05, 3.63) is 0 Å². The summed E-state index contributed by atoms with van der Waals surface area (Å²) in [4.78, 5) is 0. The highest BCUT2D eigenvalue weighted by Crippen LogP contribution is 2.32. The van der Waals surface area contributed by atoms with E-state index in [1.165, 1.54) is 12.8 Å². The van der Waals surface area contributed by atoms with Crippen LogP contribution in [-0.2, 0) is 4.74 Å². The van der Waals surface area contributed by atoms with Gasteiger partial charge >= 0.3 is 0 Å².